The van der Waals surface area contributed by atoms with Crippen molar-refractivity contribution < 1.29 is 9.59 Å². The Morgan fingerprint density at radius 2 is 1.95 bits per heavy atom. The van der Waals surface area contributed by atoms with Gasteiger partial charge in [-0.1, -0.05) is 23.7 Å². The van der Waals surface area contributed by atoms with Crippen LogP contribution in [-0.2, 0) is 9.59 Å². The van der Waals surface area contributed by atoms with Gasteiger partial charge in [0.1, 0.15) is 11.8 Å². The van der Waals surface area contributed by atoms with Gasteiger partial charge in [0.2, 0.25) is 5.91 Å². The number of nitrogens with one attached hydrogen (secondary N) is 1. The van der Waals surface area contributed by atoms with Crippen LogP contribution in [0.5, 0.6) is 0 Å². The highest BCUT2D eigenvalue weighted by Crippen LogP contribution is 2.22. The smallest absolute Gasteiger partial charge is 0.264 e. The lowest BCUT2D eigenvalue weighted by Gasteiger charge is -2.20. The van der Waals surface area contributed by atoms with Crippen LogP contribution in [0.1, 0.15) is 24.3 Å². The Kier molecular flexibility index (Phi) is 4.29. The summed E-state index contributed by atoms with van der Waals surface area (Å²) in [5.41, 5.74) is 5.97. The van der Waals surface area contributed by atoms with Crippen molar-refractivity contribution in [3.05, 3.63) is 34.9 Å². The Morgan fingerprint density at radius 3 is 2.53 bits per heavy atom. The number of hydrogen-bond acceptors (Lipinski definition) is 3. The predicted molar refractivity (Wildman–Crippen MR) is 73.1 cm³/mol. The van der Waals surface area contributed by atoms with Crippen molar-refractivity contribution in [3.63, 3.8) is 0 Å². The molecular formula is C13H14ClN3O2. The maximum absolute atomic E-state index is 12.0. The molecule has 0 fully saturated rings. The van der Waals surface area contributed by atoms with E-state index in [9.17, 15) is 9.59 Å². The van der Waals surface area contributed by atoms with Crippen molar-refractivity contribution in [1.82, 2.24) is 5.32 Å². The van der Waals surface area contributed by atoms with Crippen LogP contribution in [-0.4, -0.2) is 24.2 Å². The molecule has 1 aromatic carbocycles. The van der Waals surface area contributed by atoms with E-state index in [2.05, 4.69) is 10.3 Å². The second-order valence-corrected chi connectivity index (χ2v) is 4.70. The summed E-state index contributed by atoms with van der Waals surface area (Å²) in [6.07, 6.45) is 1.18. The first-order valence-electron chi connectivity index (χ1n) is 5.99. The van der Waals surface area contributed by atoms with E-state index in [1.165, 1.54) is 0 Å². The van der Waals surface area contributed by atoms with E-state index in [1.54, 1.807) is 24.3 Å². The molecule has 19 heavy (non-hydrogen) atoms. The summed E-state index contributed by atoms with van der Waals surface area (Å²) in [5, 5.41) is 3.20. The molecule has 0 saturated heterocycles. The van der Waals surface area contributed by atoms with Crippen molar-refractivity contribution in [2.24, 2.45) is 10.7 Å². The van der Waals surface area contributed by atoms with Gasteiger partial charge >= 0.3 is 0 Å². The number of amides is 2. The molecule has 0 spiro atoms. The molecule has 1 aromatic rings. The molecule has 0 bridgehead atoms. The normalized spacial score (nSPS) is 19.1. The zero-order valence-corrected chi connectivity index (χ0v) is 11.0. The van der Waals surface area contributed by atoms with Crippen LogP contribution in [0, 0.1) is 0 Å². The molecule has 2 amide bonds. The summed E-state index contributed by atoms with van der Waals surface area (Å²) in [6, 6.07) is 6.60. The van der Waals surface area contributed by atoms with Crippen molar-refractivity contribution in [1.29, 1.82) is 0 Å². The molecule has 0 aliphatic carbocycles. The molecule has 3 N–H and O–H groups in total. The average Bonchev–Trinajstić information content (AvgIpc) is 2.38. The minimum atomic E-state index is -0.890. The number of nitrogens with two attached hydrogens (primary N) is 1. The number of carbonyl (C=O) groups excluding carboxylic acids is 2. The number of rotatable bonds is 4. The first kappa shape index (κ1) is 13.7. The largest absolute Gasteiger partial charge is 0.330 e. The second-order valence-electron chi connectivity index (χ2n) is 4.26. The summed E-state index contributed by atoms with van der Waals surface area (Å²) in [4.78, 5) is 27.8. The van der Waals surface area contributed by atoms with E-state index in [1.807, 2.05) is 0 Å². The first-order valence-corrected chi connectivity index (χ1v) is 6.37. The monoisotopic (exact) mass is 279 g/mol. The van der Waals surface area contributed by atoms with Crippen LogP contribution in [0.15, 0.2) is 29.3 Å². The summed E-state index contributed by atoms with van der Waals surface area (Å²) >= 11 is 5.78. The molecule has 0 saturated carbocycles. The van der Waals surface area contributed by atoms with E-state index < -0.39 is 11.8 Å². The molecule has 1 aliphatic heterocycles. The third-order valence-corrected chi connectivity index (χ3v) is 3.09. The Hall–Kier alpha value is -1.72. The number of nitrogens with zero attached hydrogens (tertiary/aromatic N) is 1. The maximum Gasteiger partial charge on any atom is 0.264 e. The number of amidine groups is 1. The number of hydrogen-bond donors (Lipinski definition) is 2. The van der Waals surface area contributed by atoms with Crippen LogP contribution in [0.2, 0.25) is 5.02 Å². The van der Waals surface area contributed by atoms with E-state index in [0.29, 0.717) is 35.8 Å². The van der Waals surface area contributed by atoms with E-state index in [0.717, 1.165) is 0 Å². The third kappa shape index (κ3) is 3.19. The fraction of sp³-hybridized carbons (Fsp3) is 0.308. The van der Waals surface area contributed by atoms with Gasteiger partial charge in [-0.05, 0) is 30.7 Å². The molecule has 0 aromatic heterocycles. The maximum atomic E-state index is 12.0. The van der Waals surface area contributed by atoms with Gasteiger partial charge in [0.25, 0.3) is 5.91 Å². The van der Waals surface area contributed by atoms with Gasteiger partial charge in [0.05, 0.1) is 0 Å². The quantitative estimate of drug-likeness (QED) is 0.813. The number of aliphatic imine (C=N–C) groups is 1. The van der Waals surface area contributed by atoms with Gasteiger partial charge in [-0.15, -0.1) is 0 Å². The fourth-order valence-corrected chi connectivity index (χ4v) is 2.02. The number of carbonyl (C=O) groups is 2. The highest BCUT2D eigenvalue weighted by Gasteiger charge is 2.32. The van der Waals surface area contributed by atoms with Crippen molar-refractivity contribution in [3.8, 4) is 0 Å². The van der Waals surface area contributed by atoms with Crippen molar-refractivity contribution >= 4 is 29.3 Å². The third-order valence-electron chi connectivity index (χ3n) is 2.84. The van der Waals surface area contributed by atoms with Crippen LogP contribution in [0.4, 0.5) is 0 Å². The zero-order valence-electron chi connectivity index (χ0n) is 10.2. The van der Waals surface area contributed by atoms with Gasteiger partial charge in [0, 0.05) is 11.4 Å². The minimum Gasteiger partial charge on any atom is -0.330 e. The van der Waals surface area contributed by atoms with E-state index >= 15 is 0 Å². The second kappa shape index (κ2) is 5.95. The summed E-state index contributed by atoms with van der Waals surface area (Å²) in [6.45, 7) is 0.490. The van der Waals surface area contributed by atoms with Crippen molar-refractivity contribution in [2.45, 2.75) is 18.8 Å². The Bertz CT molecular complexity index is 525. The Labute approximate surface area is 115 Å². The first-order chi connectivity index (χ1) is 9.11. The predicted octanol–water partition coefficient (Wildman–Crippen LogP) is 1.22. The van der Waals surface area contributed by atoms with E-state index in [-0.39, 0.29) is 5.91 Å². The summed E-state index contributed by atoms with van der Waals surface area (Å²) < 4.78 is 0. The molecule has 1 heterocycles. The highest BCUT2D eigenvalue weighted by atomic mass is 35.5. The lowest BCUT2D eigenvalue weighted by Crippen LogP contribution is -2.42. The van der Waals surface area contributed by atoms with Gasteiger partial charge in [-0.25, -0.2) is 0 Å². The molecule has 1 unspecified atom stereocenters. The summed E-state index contributed by atoms with van der Waals surface area (Å²) in [7, 11) is 0. The number of benzene rings is 1. The van der Waals surface area contributed by atoms with E-state index in [4.69, 9.17) is 17.3 Å². The van der Waals surface area contributed by atoms with Gasteiger partial charge in [0.15, 0.2) is 0 Å². The zero-order chi connectivity index (χ0) is 13.8. The Balaban J connectivity index is 2.20. The molecule has 100 valence electrons. The van der Waals surface area contributed by atoms with Gasteiger partial charge in [-0.3, -0.25) is 9.59 Å². The lowest BCUT2D eigenvalue weighted by atomic mass is 9.96. The Morgan fingerprint density at radius 1 is 1.26 bits per heavy atom. The van der Waals surface area contributed by atoms with Crippen LogP contribution >= 0.6 is 11.6 Å². The molecule has 1 atom stereocenters. The SMILES string of the molecule is NCCCC1=NC(=O)C(c2ccc(Cl)cc2)C(=O)N1. The molecule has 5 nitrogen and oxygen atoms in total. The lowest BCUT2D eigenvalue weighted by molar-refractivity contribution is -0.129. The minimum absolute atomic E-state index is 0.352. The van der Waals surface area contributed by atoms with Gasteiger partial charge in [-0.2, -0.15) is 4.99 Å². The fourth-order valence-electron chi connectivity index (χ4n) is 1.89. The summed E-state index contributed by atoms with van der Waals surface area (Å²) in [5.74, 6) is -1.29. The molecular weight excluding hydrogens is 266 g/mol. The molecule has 6 heteroatoms. The van der Waals surface area contributed by atoms with Crippen LogP contribution in [0.25, 0.3) is 0 Å². The highest BCUT2D eigenvalue weighted by molar-refractivity contribution is 6.30. The topological polar surface area (TPSA) is 84.5 Å². The molecule has 1 aliphatic rings. The van der Waals surface area contributed by atoms with Gasteiger partial charge < -0.3 is 11.1 Å². The molecule has 0 radical (unpaired) electrons. The van der Waals surface area contributed by atoms with Crippen LogP contribution < -0.4 is 11.1 Å². The standard InChI is InChI=1S/C13H14ClN3O2/c14-9-5-3-8(4-6-9)11-12(18)16-10(2-1-7-15)17-13(11)19/h3-6,11H,1-2,7,15H2,(H,16,17,18,19). The number of halogens is 1. The van der Waals surface area contributed by atoms with Crippen LogP contribution in [0.3, 0.4) is 0 Å². The van der Waals surface area contributed by atoms with Crippen molar-refractivity contribution in [2.75, 3.05) is 6.54 Å². The molecule has 2 rings (SSSR count). The average molecular weight is 280 g/mol.